The largest absolute Gasteiger partial charge is 0.478 e. The average molecular weight is 321 g/mol. The van der Waals surface area contributed by atoms with Crippen molar-refractivity contribution in [2.45, 2.75) is 4.90 Å². The van der Waals surface area contributed by atoms with Crippen LogP contribution in [-0.2, 0) is 10.0 Å². The molecule has 0 aromatic heterocycles. The van der Waals surface area contributed by atoms with Crippen molar-refractivity contribution in [3.63, 3.8) is 0 Å². The maximum absolute atomic E-state index is 11.9. The van der Waals surface area contributed by atoms with Crippen molar-refractivity contribution < 1.29 is 23.4 Å². The van der Waals surface area contributed by atoms with Crippen LogP contribution in [0.2, 0.25) is 0 Å². The molecule has 7 heteroatoms. The van der Waals surface area contributed by atoms with Crippen LogP contribution in [0.1, 0.15) is 10.4 Å². The molecule has 0 amide bonds. The van der Waals surface area contributed by atoms with E-state index in [4.69, 9.17) is 5.11 Å². The zero-order chi connectivity index (χ0) is 16.2. The van der Waals surface area contributed by atoms with Gasteiger partial charge in [-0.25, -0.2) is 17.9 Å². The minimum atomic E-state index is -3.67. The summed E-state index contributed by atoms with van der Waals surface area (Å²) in [5, 5.41) is 17.8. The monoisotopic (exact) mass is 321 g/mol. The summed E-state index contributed by atoms with van der Waals surface area (Å²) in [5.74, 6) is -1.04. The Morgan fingerprint density at radius 1 is 1.05 bits per heavy atom. The van der Waals surface area contributed by atoms with Crippen LogP contribution < -0.4 is 4.72 Å². The molecule has 0 radical (unpaired) electrons. The van der Waals surface area contributed by atoms with Gasteiger partial charge in [-0.1, -0.05) is 30.3 Å². The molecular formula is C15H15NO5S. The standard InChI is InChI=1S/C15H15NO5S/c17-10-9-16-22(20,21)12-7-5-11(6-8-12)13-3-1-2-4-14(13)15(18)19/h1-8,16-17H,9-10H2,(H,18,19). The molecule has 22 heavy (non-hydrogen) atoms. The summed E-state index contributed by atoms with van der Waals surface area (Å²) in [6.07, 6.45) is 0. The third-order valence-corrected chi connectivity index (χ3v) is 4.51. The Bertz CT molecular complexity index is 769. The fourth-order valence-corrected chi connectivity index (χ4v) is 3.02. The van der Waals surface area contributed by atoms with Gasteiger partial charge in [-0.2, -0.15) is 0 Å². The van der Waals surface area contributed by atoms with Gasteiger partial charge in [0, 0.05) is 6.54 Å². The van der Waals surface area contributed by atoms with Gasteiger partial charge in [-0.3, -0.25) is 0 Å². The topological polar surface area (TPSA) is 104 Å². The van der Waals surface area contributed by atoms with E-state index >= 15 is 0 Å². The summed E-state index contributed by atoms with van der Waals surface area (Å²) in [7, 11) is -3.67. The second kappa shape index (κ2) is 6.69. The van der Waals surface area contributed by atoms with E-state index in [0.29, 0.717) is 11.1 Å². The molecular weight excluding hydrogens is 306 g/mol. The van der Waals surface area contributed by atoms with Crippen LogP contribution in [0.25, 0.3) is 11.1 Å². The Hall–Kier alpha value is -2.22. The predicted octanol–water partition coefficient (Wildman–Crippen LogP) is 1.32. The Labute approximate surface area is 128 Å². The first-order valence-corrected chi connectivity index (χ1v) is 7.97. The van der Waals surface area contributed by atoms with E-state index in [0.717, 1.165) is 0 Å². The normalized spacial score (nSPS) is 11.3. The number of carboxylic acid groups (broad SMARTS) is 1. The Kier molecular flexibility index (Phi) is 4.92. The van der Waals surface area contributed by atoms with Crippen LogP contribution in [-0.4, -0.2) is 37.8 Å². The fourth-order valence-electron chi connectivity index (χ4n) is 2.00. The van der Waals surface area contributed by atoms with E-state index in [2.05, 4.69) is 4.72 Å². The van der Waals surface area contributed by atoms with Gasteiger partial charge in [0.2, 0.25) is 10.0 Å². The van der Waals surface area contributed by atoms with Crippen molar-refractivity contribution in [2.75, 3.05) is 13.2 Å². The van der Waals surface area contributed by atoms with Crippen LogP contribution in [0.15, 0.2) is 53.4 Å². The summed E-state index contributed by atoms with van der Waals surface area (Å²) in [4.78, 5) is 11.3. The number of hydrogen-bond acceptors (Lipinski definition) is 4. The molecule has 6 nitrogen and oxygen atoms in total. The molecule has 0 saturated carbocycles. The van der Waals surface area contributed by atoms with Gasteiger partial charge >= 0.3 is 5.97 Å². The maximum Gasteiger partial charge on any atom is 0.336 e. The number of aromatic carboxylic acids is 1. The summed E-state index contributed by atoms with van der Waals surface area (Å²) < 4.78 is 26.0. The van der Waals surface area contributed by atoms with Crippen LogP contribution in [0.5, 0.6) is 0 Å². The molecule has 0 aliphatic heterocycles. The second-order valence-electron chi connectivity index (χ2n) is 4.50. The highest BCUT2D eigenvalue weighted by Gasteiger charge is 2.15. The highest BCUT2D eigenvalue weighted by Crippen LogP contribution is 2.25. The molecule has 0 spiro atoms. The third-order valence-electron chi connectivity index (χ3n) is 3.04. The Balaban J connectivity index is 2.36. The molecule has 2 aromatic carbocycles. The van der Waals surface area contributed by atoms with Gasteiger partial charge in [0.25, 0.3) is 0 Å². The van der Waals surface area contributed by atoms with E-state index in [1.807, 2.05) is 0 Å². The highest BCUT2D eigenvalue weighted by molar-refractivity contribution is 7.89. The van der Waals surface area contributed by atoms with Crippen molar-refractivity contribution in [2.24, 2.45) is 0 Å². The minimum absolute atomic E-state index is 0.0532. The lowest BCUT2D eigenvalue weighted by Gasteiger charge is -2.08. The van der Waals surface area contributed by atoms with E-state index in [1.165, 1.54) is 18.2 Å². The van der Waals surface area contributed by atoms with Crippen molar-refractivity contribution in [1.82, 2.24) is 4.72 Å². The first kappa shape index (κ1) is 16.2. The Morgan fingerprint density at radius 3 is 2.27 bits per heavy atom. The molecule has 0 saturated heterocycles. The average Bonchev–Trinajstić information content (AvgIpc) is 2.53. The van der Waals surface area contributed by atoms with Crippen molar-refractivity contribution in [3.8, 4) is 11.1 Å². The quantitative estimate of drug-likeness (QED) is 0.744. The van der Waals surface area contributed by atoms with E-state index < -0.39 is 16.0 Å². The lowest BCUT2D eigenvalue weighted by Crippen LogP contribution is -2.26. The zero-order valence-corrected chi connectivity index (χ0v) is 12.4. The van der Waals surface area contributed by atoms with Crippen molar-refractivity contribution >= 4 is 16.0 Å². The van der Waals surface area contributed by atoms with Crippen LogP contribution in [0.3, 0.4) is 0 Å². The van der Waals surface area contributed by atoms with Gasteiger partial charge in [0.15, 0.2) is 0 Å². The van der Waals surface area contributed by atoms with Gasteiger partial charge < -0.3 is 10.2 Å². The first-order chi connectivity index (χ1) is 10.5. The van der Waals surface area contributed by atoms with Crippen LogP contribution >= 0.6 is 0 Å². The lowest BCUT2D eigenvalue weighted by molar-refractivity contribution is 0.0697. The molecule has 0 fully saturated rings. The minimum Gasteiger partial charge on any atom is -0.478 e. The molecule has 2 rings (SSSR count). The highest BCUT2D eigenvalue weighted by atomic mass is 32.2. The van der Waals surface area contributed by atoms with Gasteiger partial charge in [0.1, 0.15) is 0 Å². The molecule has 2 aromatic rings. The number of aliphatic hydroxyl groups is 1. The summed E-state index contributed by atoms with van der Waals surface area (Å²) in [6.45, 7) is -0.352. The summed E-state index contributed by atoms with van der Waals surface area (Å²) >= 11 is 0. The number of hydrogen-bond donors (Lipinski definition) is 3. The molecule has 0 heterocycles. The second-order valence-corrected chi connectivity index (χ2v) is 6.26. The summed E-state index contributed by atoms with van der Waals surface area (Å²) in [5.41, 5.74) is 1.28. The zero-order valence-electron chi connectivity index (χ0n) is 11.6. The molecule has 3 N–H and O–H groups in total. The first-order valence-electron chi connectivity index (χ1n) is 6.49. The van der Waals surface area contributed by atoms with E-state index in [-0.39, 0.29) is 23.6 Å². The van der Waals surface area contributed by atoms with Crippen LogP contribution in [0.4, 0.5) is 0 Å². The molecule has 0 unspecified atom stereocenters. The molecule has 0 atom stereocenters. The Morgan fingerprint density at radius 2 is 1.68 bits per heavy atom. The number of sulfonamides is 1. The SMILES string of the molecule is O=C(O)c1ccccc1-c1ccc(S(=O)(=O)NCCO)cc1. The molecule has 0 aliphatic carbocycles. The molecule has 0 aliphatic rings. The van der Waals surface area contributed by atoms with Gasteiger partial charge in [0.05, 0.1) is 17.1 Å². The van der Waals surface area contributed by atoms with Crippen LogP contribution in [0, 0.1) is 0 Å². The maximum atomic E-state index is 11.9. The molecule has 116 valence electrons. The third kappa shape index (κ3) is 3.51. The smallest absolute Gasteiger partial charge is 0.336 e. The predicted molar refractivity (Wildman–Crippen MR) is 81.1 cm³/mol. The number of rotatable bonds is 6. The lowest BCUT2D eigenvalue weighted by atomic mass is 10.00. The van der Waals surface area contributed by atoms with Gasteiger partial charge in [-0.15, -0.1) is 0 Å². The molecule has 0 bridgehead atoms. The number of carboxylic acids is 1. The van der Waals surface area contributed by atoms with Gasteiger partial charge in [-0.05, 0) is 29.3 Å². The number of nitrogens with one attached hydrogen (secondary N) is 1. The van der Waals surface area contributed by atoms with Crippen molar-refractivity contribution in [3.05, 3.63) is 54.1 Å². The van der Waals surface area contributed by atoms with E-state index in [9.17, 15) is 18.3 Å². The number of aliphatic hydroxyl groups excluding tert-OH is 1. The number of benzene rings is 2. The number of carbonyl (C=O) groups is 1. The fraction of sp³-hybridized carbons (Fsp3) is 0.133. The summed E-state index contributed by atoms with van der Waals surface area (Å²) in [6, 6.07) is 12.4. The van der Waals surface area contributed by atoms with Crippen molar-refractivity contribution in [1.29, 1.82) is 0 Å². The van der Waals surface area contributed by atoms with E-state index in [1.54, 1.807) is 30.3 Å².